The molecule has 6 nitrogen and oxygen atoms in total. The van der Waals surface area contributed by atoms with E-state index >= 15 is 0 Å². The first-order valence-electron chi connectivity index (χ1n) is 6.67. The van der Waals surface area contributed by atoms with Crippen molar-refractivity contribution in [3.8, 4) is 0 Å². The number of hydrogen-bond donors (Lipinski definition) is 2. The quantitative estimate of drug-likeness (QED) is 0.770. The molecule has 2 N–H and O–H groups in total. The molecule has 0 saturated heterocycles. The number of aryl methyl sites for hydroxylation is 1. The zero-order valence-electron chi connectivity index (χ0n) is 11.8. The molecule has 106 valence electrons. The maximum absolute atomic E-state index is 12.1. The molecule has 1 amide bonds. The first kappa shape index (κ1) is 13.2. The van der Waals surface area contributed by atoms with E-state index < -0.39 is 0 Å². The van der Waals surface area contributed by atoms with Gasteiger partial charge in [-0.25, -0.2) is 4.98 Å². The van der Waals surface area contributed by atoms with E-state index in [1.54, 1.807) is 6.07 Å². The smallest absolute Gasteiger partial charge is 0.253 e. The van der Waals surface area contributed by atoms with Gasteiger partial charge in [0.25, 0.3) is 5.91 Å². The highest BCUT2D eigenvalue weighted by Gasteiger charge is 2.15. The highest BCUT2D eigenvalue weighted by Crippen LogP contribution is 2.17. The van der Waals surface area contributed by atoms with E-state index in [1.165, 1.54) is 12.4 Å². The standard InChI is InChI=1S/C15H15N5O/c1-9-3-4-12-13(7-9)20-14(19-12)10(2)18-15(21)11-5-6-16-17-8-11/h3-8,10H,1-2H3,(H,18,21)(H,19,20)/t10-/m0/s1. The number of nitrogens with zero attached hydrogens (tertiary/aromatic N) is 3. The number of rotatable bonds is 3. The van der Waals surface area contributed by atoms with Crippen molar-refractivity contribution in [3.63, 3.8) is 0 Å². The van der Waals surface area contributed by atoms with Gasteiger partial charge < -0.3 is 10.3 Å². The normalized spacial score (nSPS) is 12.3. The number of imidazole rings is 1. The zero-order valence-corrected chi connectivity index (χ0v) is 11.8. The number of carbonyl (C=O) groups excluding carboxylic acids is 1. The van der Waals surface area contributed by atoms with Crippen LogP contribution in [0.1, 0.15) is 34.7 Å². The van der Waals surface area contributed by atoms with Crippen LogP contribution in [0, 0.1) is 6.92 Å². The maximum atomic E-state index is 12.1. The van der Waals surface area contributed by atoms with Gasteiger partial charge in [0.05, 0.1) is 35.0 Å². The molecule has 0 radical (unpaired) electrons. The van der Waals surface area contributed by atoms with E-state index in [-0.39, 0.29) is 11.9 Å². The lowest BCUT2D eigenvalue weighted by molar-refractivity contribution is 0.0938. The summed E-state index contributed by atoms with van der Waals surface area (Å²) in [6.07, 6.45) is 2.92. The zero-order chi connectivity index (χ0) is 14.8. The lowest BCUT2D eigenvalue weighted by Crippen LogP contribution is -2.27. The summed E-state index contributed by atoms with van der Waals surface area (Å²) in [6, 6.07) is 7.41. The first-order valence-corrected chi connectivity index (χ1v) is 6.67. The van der Waals surface area contributed by atoms with Crippen molar-refractivity contribution in [2.24, 2.45) is 0 Å². The summed E-state index contributed by atoms with van der Waals surface area (Å²) < 4.78 is 0. The Balaban J connectivity index is 1.80. The lowest BCUT2D eigenvalue weighted by atomic mass is 10.2. The van der Waals surface area contributed by atoms with E-state index in [9.17, 15) is 4.79 Å². The summed E-state index contributed by atoms with van der Waals surface area (Å²) in [5, 5.41) is 10.2. The van der Waals surface area contributed by atoms with Crippen molar-refractivity contribution in [1.82, 2.24) is 25.5 Å². The Kier molecular flexibility index (Phi) is 3.35. The van der Waals surface area contributed by atoms with Gasteiger partial charge in [0.1, 0.15) is 5.82 Å². The molecule has 0 fully saturated rings. The largest absolute Gasteiger partial charge is 0.342 e. The molecule has 2 aromatic heterocycles. The van der Waals surface area contributed by atoms with Gasteiger partial charge in [-0.1, -0.05) is 6.07 Å². The average Bonchev–Trinajstić information content (AvgIpc) is 2.91. The third kappa shape index (κ3) is 2.74. The van der Waals surface area contributed by atoms with Crippen LogP contribution in [0.4, 0.5) is 0 Å². The molecule has 0 bridgehead atoms. The molecular weight excluding hydrogens is 266 g/mol. The summed E-state index contributed by atoms with van der Waals surface area (Å²) in [6.45, 7) is 3.92. The predicted molar refractivity (Wildman–Crippen MR) is 78.7 cm³/mol. The number of hydrogen-bond acceptors (Lipinski definition) is 4. The molecule has 0 aliphatic rings. The molecule has 21 heavy (non-hydrogen) atoms. The molecule has 0 aliphatic carbocycles. The fourth-order valence-electron chi connectivity index (χ4n) is 2.12. The Morgan fingerprint density at radius 2 is 2.14 bits per heavy atom. The van der Waals surface area contributed by atoms with Crippen LogP contribution < -0.4 is 5.32 Å². The Hall–Kier alpha value is -2.76. The Bertz CT molecular complexity index is 781. The van der Waals surface area contributed by atoms with E-state index in [2.05, 4.69) is 25.5 Å². The molecule has 0 saturated carbocycles. The van der Waals surface area contributed by atoms with E-state index in [1.807, 2.05) is 32.0 Å². The average molecular weight is 281 g/mol. The van der Waals surface area contributed by atoms with Crippen molar-refractivity contribution in [3.05, 3.63) is 53.6 Å². The maximum Gasteiger partial charge on any atom is 0.253 e. The summed E-state index contributed by atoms with van der Waals surface area (Å²) >= 11 is 0. The number of amides is 1. The SMILES string of the molecule is Cc1ccc2nc([C@H](C)NC(=O)c3ccnnc3)[nH]c2c1. The lowest BCUT2D eigenvalue weighted by Gasteiger charge is -2.10. The molecule has 3 aromatic rings. The van der Waals surface area contributed by atoms with Crippen LogP contribution in [0.2, 0.25) is 0 Å². The van der Waals surface area contributed by atoms with Gasteiger partial charge >= 0.3 is 0 Å². The summed E-state index contributed by atoms with van der Waals surface area (Å²) in [5.74, 6) is 0.528. The first-order chi connectivity index (χ1) is 10.1. The summed E-state index contributed by atoms with van der Waals surface area (Å²) in [4.78, 5) is 19.8. The van der Waals surface area contributed by atoms with Crippen LogP contribution in [0.5, 0.6) is 0 Å². The van der Waals surface area contributed by atoms with E-state index in [0.717, 1.165) is 22.4 Å². The molecule has 0 spiro atoms. The molecule has 6 heteroatoms. The Morgan fingerprint density at radius 3 is 2.90 bits per heavy atom. The third-order valence-corrected chi connectivity index (χ3v) is 3.26. The second-order valence-corrected chi connectivity index (χ2v) is 4.97. The topological polar surface area (TPSA) is 83.6 Å². The fraction of sp³-hybridized carbons (Fsp3) is 0.200. The van der Waals surface area contributed by atoms with Crippen molar-refractivity contribution in [2.45, 2.75) is 19.9 Å². The fourth-order valence-corrected chi connectivity index (χ4v) is 2.12. The van der Waals surface area contributed by atoms with Crippen LogP contribution in [0.25, 0.3) is 11.0 Å². The van der Waals surface area contributed by atoms with Crippen molar-refractivity contribution < 1.29 is 4.79 Å². The minimum Gasteiger partial charge on any atom is -0.342 e. The van der Waals surface area contributed by atoms with Crippen LogP contribution in [0.15, 0.2) is 36.7 Å². The van der Waals surface area contributed by atoms with Crippen molar-refractivity contribution in [1.29, 1.82) is 0 Å². The monoisotopic (exact) mass is 281 g/mol. The molecule has 0 unspecified atom stereocenters. The second kappa shape index (κ2) is 5.32. The third-order valence-electron chi connectivity index (χ3n) is 3.26. The van der Waals surface area contributed by atoms with Gasteiger partial charge in [0.15, 0.2) is 0 Å². The molecule has 1 atom stereocenters. The van der Waals surface area contributed by atoms with Crippen LogP contribution in [-0.2, 0) is 0 Å². The van der Waals surface area contributed by atoms with Crippen molar-refractivity contribution >= 4 is 16.9 Å². The molecule has 1 aromatic carbocycles. The summed E-state index contributed by atoms with van der Waals surface area (Å²) in [7, 11) is 0. The number of fused-ring (bicyclic) bond motifs is 1. The van der Waals surface area contributed by atoms with E-state index in [0.29, 0.717) is 5.56 Å². The van der Waals surface area contributed by atoms with E-state index in [4.69, 9.17) is 0 Å². The number of aromatic nitrogens is 4. The predicted octanol–water partition coefficient (Wildman–Crippen LogP) is 2.15. The number of nitrogens with one attached hydrogen (secondary N) is 2. The Labute approximate surface area is 121 Å². The molecule has 0 aliphatic heterocycles. The van der Waals surface area contributed by atoms with Gasteiger partial charge in [-0.05, 0) is 37.6 Å². The minimum atomic E-state index is -0.224. The minimum absolute atomic E-state index is 0.200. The molecule has 3 rings (SSSR count). The van der Waals surface area contributed by atoms with Crippen LogP contribution in [-0.4, -0.2) is 26.1 Å². The Morgan fingerprint density at radius 1 is 1.29 bits per heavy atom. The van der Waals surface area contributed by atoms with Crippen molar-refractivity contribution in [2.75, 3.05) is 0 Å². The number of benzene rings is 1. The number of H-pyrrole nitrogens is 1. The van der Waals surface area contributed by atoms with Gasteiger partial charge in [0.2, 0.25) is 0 Å². The van der Waals surface area contributed by atoms with Gasteiger partial charge in [-0.15, -0.1) is 0 Å². The van der Waals surface area contributed by atoms with Crippen LogP contribution in [0.3, 0.4) is 0 Å². The second-order valence-electron chi connectivity index (χ2n) is 4.97. The molecule has 2 heterocycles. The van der Waals surface area contributed by atoms with Gasteiger partial charge in [-0.2, -0.15) is 10.2 Å². The van der Waals surface area contributed by atoms with Crippen LogP contribution >= 0.6 is 0 Å². The van der Waals surface area contributed by atoms with Gasteiger partial charge in [-0.3, -0.25) is 4.79 Å². The highest BCUT2D eigenvalue weighted by atomic mass is 16.1. The highest BCUT2D eigenvalue weighted by molar-refractivity contribution is 5.94. The van der Waals surface area contributed by atoms with Gasteiger partial charge in [0, 0.05) is 0 Å². The number of aromatic amines is 1. The summed E-state index contributed by atoms with van der Waals surface area (Å²) in [5.41, 5.74) is 3.50. The number of carbonyl (C=O) groups is 1. The molecular formula is C15H15N5O.